The first-order valence-corrected chi connectivity index (χ1v) is 13.4. The topological polar surface area (TPSA) is 83.0 Å². The summed E-state index contributed by atoms with van der Waals surface area (Å²) in [4.78, 5) is 0. The fourth-order valence-corrected chi connectivity index (χ4v) is 3.88. The van der Waals surface area contributed by atoms with Crippen LogP contribution in [-0.4, -0.2) is 60.8 Å². The predicted molar refractivity (Wildman–Crippen MR) is 157 cm³/mol. The van der Waals surface area contributed by atoms with Gasteiger partial charge in [-0.1, -0.05) is 100 Å². The molecule has 0 bridgehead atoms. The number of rotatable bonds is 12. The van der Waals surface area contributed by atoms with Crippen LogP contribution in [0.4, 0.5) is 0 Å². The lowest BCUT2D eigenvalue weighted by Gasteiger charge is -2.15. The second-order valence-corrected chi connectivity index (χ2v) is 10.0. The van der Waals surface area contributed by atoms with Crippen molar-refractivity contribution in [3.63, 3.8) is 0 Å². The highest BCUT2D eigenvalue weighted by molar-refractivity contribution is 5.88. The zero-order chi connectivity index (χ0) is 27.3. The number of nitrogens with one attached hydrogen (secondary N) is 2. The molecule has 0 aliphatic heterocycles. The van der Waals surface area contributed by atoms with Crippen LogP contribution in [-0.2, 0) is 0 Å². The highest BCUT2D eigenvalue weighted by atomic mass is 16.5. The van der Waals surface area contributed by atoms with E-state index in [4.69, 9.17) is 9.47 Å². The molecule has 0 amide bonds. The average Bonchev–Trinajstić information content (AvgIpc) is 2.93. The van der Waals surface area contributed by atoms with Gasteiger partial charge < -0.3 is 30.3 Å². The highest BCUT2D eigenvalue weighted by Gasteiger charge is 2.09. The van der Waals surface area contributed by atoms with Gasteiger partial charge in [0.25, 0.3) is 0 Å². The molecule has 0 aliphatic rings. The highest BCUT2D eigenvalue weighted by Crippen LogP contribution is 2.26. The molecular weight excluding hydrogens is 476 g/mol. The molecule has 38 heavy (non-hydrogen) atoms. The SMILES string of the molecule is CC(C)NC[C@@H](O)COc1cccc2ccccc12.CC(C)NC[C@@H](O)COc1cccc2ccccc12. The van der Waals surface area contributed by atoms with Gasteiger partial charge in [-0.15, -0.1) is 0 Å². The first-order chi connectivity index (χ1) is 18.3. The van der Waals surface area contributed by atoms with Crippen molar-refractivity contribution in [2.45, 2.75) is 52.0 Å². The summed E-state index contributed by atoms with van der Waals surface area (Å²) >= 11 is 0. The molecule has 4 rings (SSSR count). The Balaban J connectivity index is 0.000000211. The van der Waals surface area contributed by atoms with Crippen LogP contribution in [0, 0.1) is 0 Å². The lowest BCUT2D eigenvalue weighted by Crippen LogP contribution is -2.35. The number of aliphatic hydroxyl groups excluding tert-OH is 2. The van der Waals surface area contributed by atoms with Crippen LogP contribution in [0.5, 0.6) is 11.5 Å². The maximum Gasteiger partial charge on any atom is 0.127 e. The van der Waals surface area contributed by atoms with Crippen molar-refractivity contribution < 1.29 is 19.7 Å². The van der Waals surface area contributed by atoms with Crippen molar-refractivity contribution in [3.05, 3.63) is 84.9 Å². The van der Waals surface area contributed by atoms with Crippen molar-refractivity contribution >= 4 is 21.5 Å². The van der Waals surface area contributed by atoms with E-state index in [1.54, 1.807) is 0 Å². The van der Waals surface area contributed by atoms with Gasteiger partial charge in [-0.05, 0) is 22.9 Å². The van der Waals surface area contributed by atoms with Crippen LogP contribution in [0.3, 0.4) is 0 Å². The monoisotopic (exact) mass is 518 g/mol. The second kappa shape index (κ2) is 15.3. The molecule has 6 heteroatoms. The molecule has 204 valence electrons. The Morgan fingerprint density at radius 2 is 0.921 bits per heavy atom. The number of fused-ring (bicyclic) bond motifs is 2. The normalized spacial score (nSPS) is 12.8. The summed E-state index contributed by atoms with van der Waals surface area (Å²) in [6.07, 6.45) is -0.997. The Bertz CT molecular complexity index is 1140. The first-order valence-electron chi connectivity index (χ1n) is 13.4. The van der Waals surface area contributed by atoms with E-state index in [9.17, 15) is 10.2 Å². The minimum atomic E-state index is -0.499. The Morgan fingerprint density at radius 1 is 0.553 bits per heavy atom. The second-order valence-electron chi connectivity index (χ2n) is 10.0. The fraction of sp³-hybridized carbons (Fsp3) is 0.375. The van der Waals surface area contributed by atoms with Crippen LogP contribution < -0.4 is 20.1 Å². The van der Waals surface area contributed by atoms with Crippen LogP contribution in [0.2, 0.25) is 0 Å². The van der Waals surface area contributed by atoms with E-state index in [0.29, 0.717) is 38.4 Å². The smallest absolute Gasteiger partial charge is 0.127 e. The number of hydrogen-bond acceptors (Lipinski definition) is 6. The van der Waals surface area contributed by atoms with E-state index in [2.05, 4.69) is 62.6 Å². The van der Waals surface area contributed by atoms with Gasteiger partial charge >= 0.3 is 0 Å². The van der Waals surface area contributed by atoms with E-state index < -0.39 is 12.2 Å². The van der Waals surface area contributed by atoms with E-state index in [-0.39, 0.29) is 0 Å². The third-order valence-electron chi connectivity index (χ3n) is 5.89. The summed E-state index contributed by atoms with van der Waals surface area (Å²) in [5.41, 5.74) is 0. The summed E-state index contributed by atoms with van der Waals surface area (Å²) in [5, 5.41) is 30.5. The number of hydrogen-bond donors (Lipinski definition) is 4. The molecule has 0 aromatic heterocycles. The summed E-state index contributed by atoms with van der Waals surface area (Å²) in [6.45, 7) is 9.90. The largest absolute Gasteiger partial charge is 0.490 e. The average molecular weight is 519 g/mol. The van der Waals surface area contributed by atoms with Gasteiger partial charge in [0.1, 0.15) is 36.9 Å². The molecule has 4 aromatic rings. The molecule has 0 heterocycles. The molecule has 2 atom stereocenters. The predicted octanol–water partition coefficient (Wildman–Crippen LogP) is 5.16. The Morgan fingerprint density at radius 3 is 1.32 bits per heavy atom. The quantitative estimate of drug-likeness (QED) is 0.208. The molecular formula is C32H42N2O4. The molecule has 0 spiro atoms. The lowest BCUT2D eigenvalue weighted by molar-refractivity contribution is 0.105. The van der Waals surface area contributed by atoms with Gasteiger partial charge in [0.05, 0.1) is 0 Å². The summed E-state index contributed by atoms with van der Waals surface area (Å²) < 4.78 is 11.4. The molecule has 0 aliphatic carbocycles. The maximum atomic E-state index is 9.84. The minimum Gasteiger partial charge on any atom is -0.490 e. The number of benzene rings is 4. The van der Waals surface area contributed by atoms with E-state index in [1.165, 1.54) is 0 Å². The summed E-state index contributed by atoms with van der Waals surface area (Å²) in [7, 11) is 0. The molecule has 0 radical (unpaired) electrons. The van der Waals surface area contributed by atoms with Gasteiger partial charge in [-0.25, -0.2) is 0 Å². The minimum absolute atomic E-state index is 0.299. The molecule has 0 saturated heterocycles. The van der Waals surface area contributed by atoms with Crippen LogP contribution in [0.15, 0.2) is 84.9 Å². The number of aliphatic hydroxyl groups is 2. The zero-order valence-corrected chi connectivity index (χ0v) is 22.9. The number of ether oxygens (including phenoxy) is 2. The molecule has 0 unspecified atom stereocenters. The third-order valence-corrected chi connectivity index (χ3v) is 5.89. The zero-order valence-electron chi connectivity index (χ0n) is 22.9. The van der Waals surface area contributed by atoms with Crippen LogP contribution in [0.1, 0.15) is 27.7 Å². The Labute approximate surface area is 226 Å². The van der Waals surface area contributed by atoms with Gasteiger partial charge in [-0.3, -0.25) is 0 Å². The maximum absolute atomic E-state index is 9.84. The molecule has 0 saturated carbocycles. The van der Waals surface area contributed by atoms with Crippen molar-refractivity contribution in [1.29, 1.82) is 0 Å². The van der Waals surface area contributed by atoms with E-state index >= 15 is 0 Å². The van der Waals surface area contributed by atoms with E-state index in [0.717, 1.165) is 33.0 Å². The van der Waals surface area contributed by atoms with Crippen molar-refractivity contribution in [3.8, 4) is 11.5 Å². The van der Waals surface area contributed by atoms with Gasteiger partial charge in [-0.2, -0.15) is 0 Å². The molecule has 6 nitrogen and oxygen atoms in total. The summed E-state index contributed by atoms with van der Waals surface area (Å²) in [5.74, 6) is 1.64. The summed E-state index contributed by atoms with van der Waals surface area (Å²) in [6, 6.07) is 28.8. The molecule has 0 fully saturated rings. The van der Waals surface area contributed by atoms with Gasteiger partial charge in [0.2, 0.25) is 0 Å². The van der Waals surface area contributed by atoms with Crippen molar-refractivity contribution in [2.24, 2.45) is 0 Å². The Hall–Kier alpha value is -3.16. The van der Waals surface area contributed by atoms with Gasteiger partial charge in [0.15, 0.2) is 0 Å². The third kappa shape index (κ3) is 9.62. The van der Waals surface area contributed by atoms with Crippen molar-refractivity contribution in [1.82, 2.24) is 10.6 Å². The van der Waals surface area contributed by atoms with Crippen LogP contribution in [0.25, 0.3) is 21.5 Å². The fourth-order valence-electron chi connectivity index (χ4n) is 3.88. The first kappa shape index (κ1) is 29.4. The standard InChI is InChI=1S/2C16H21NO2/c2*1-12(2)17-10-14(18)11-19-16-9-5-7-13-6-3-4-8-15(13)16/h2*3-9,12,14,17-18H,10-11H2,1-2H3/t2*14-/m11/s1. The van der Waals surface area contributed by atoms with Crippen LogP contribution >= 0.6 is 0 Å². The van der Waals surface area contributed by atoms with E-state index in [1.807, 2.05) is 60.7 Å². The molecule has 4 N–H and O–H groups in total. The Kier molecular flexibility index (Phi) is 11.8. The molecule has 4 aromatic carbocycles. The van der Waals surface area contributed by atoms with Gasteiger partial charge in [0, 0.05) is 35.9 Å². The van der Waals surface area contributed by atoms with Crippen molar-refractivity contribution in [2.75, 3.05) is 26.3 Å². The lowest BCUT2D eigenvalue weighted by atomic mass is 10.1.